The summed E-state index contributed by atoms with van der Waals surface area (Å²) in [5.74, 6) is 0.172. The third-order valence-electron chi connectivity index (χ3n) is 2.93. The van der Waals surface area contributed by atoms with Crippen LogP contribution in [0, 0.1) is 5.82 Å². The van der Waals surface area contributed by atoms with Crippen LogP contribution in [0.1, 0.15) is 5.76 Å². The summed E-state index contributed by atoms with van der Waals surface area (Å²) in [7, 11) is 0. The Labute approximate surface area is 125 Å². The fourth-order valence-electron chi connectivity index (χ4n) is 1.97. The number of fused-ring (bicyclic) bond motifs is 1. The van der Waals surface area contributed by atoms with Crippen molar-refractivity contribution in [2.45, 2.75) is 6.54 Å². The molecule has 0 spiro atoms. The standard InChI is InChI=1S/C15H10Cl2FNO/c16-12-6-10(7-13(17)15(12)18)19-8-11-5-9-3-1-2-4-14(9)20-11/h1-7,19H,8H2. The first-order valence-corrected chi connectivity index (χ1v) is 6.75. The molecule has 3 aromatic rings. The van der Waals surface area contributed by atoms with Gasteiger partial charge in [-0.2, -0.15) is 0 Å². The van der Waals surface area contributed by atoms with Gasteiger partial charge in [0, 0.05) is 11.1 Å². The zero-order chi connectivity index (χ0) is 14.1. The van der Waals surface area contributed by atoms with E-state index in [1.165, 1.54) is 12.1 Å². The van der Waals surface area contributed by atoms with Crippen molar-refractivity contribution in [3.63, 3.8) is 0 Å². The summed E-state index contributed by atoms with van der Waals surface area (Å²) in [6.45, 7) is 0.465. The van der Waals surface area contributed by atoms with Crippen molar-refractivity contribution in [2.75, 3.05) is 5.32 Å². The second kappa shape index (κ2) is 5.35. The first kappa shape index (κ1) is 13.3. The van der Waals surface area contributed by atoms with E-state index in [4.69, 9.17) is 27.6 Å². The molecular weight excluding hydrogens is 300 g/mol. The molecule has 5 heteroatoms. The van der Waals surface area contributed by atoms with Crippen LogP contribution in [-0.2, 0) is 6.54 Å². The van der Waals surface area contributed by atoms with E-state index in [1.54, 1.807) is 0 Å². The zero-order valence-electron chi connectivity index (χ0n) is 10.3. The molecule has 1 N–H and O–H groups in total. The maximum absolute atomic E-state index is 13.3. The van der Waals surface area contributed by atoms with Crippen LogP contribution in [0.15, 0.2) is 46.9 Å². The van der Waals surface area contributed by atoms with Gasteiger partial charge in [0.05, 0.1) is 16.6 Å². The van der Waals surface area contributed by atoms with Crippen LogP contribution < -0.4 is 5.32 Å². The van der Waals surface area contributed by atoms with Gasteiger partial charge in [-0.25, -0.2) is 4.39 Å². The van der Waals surface area contributed by atoms with Gasteiger partial charge in [-0.3, -0.25) is 0 Å². The lowest BCUT2D eigenvalue weighted by atomic mass is 10.2. The minimum atomic E-state index is -0.609. The highest BCUT2D eigenvalue weighted by Crippen LogP contribution is 2.28. The summed E-state index contributed by atoms with van der Waals surface area (Å²) in [5.41, 5.74) is 1.47. The number of rotatable bonds is 3. The Hall–Kier alpha value is -1.71. The third-order valence-corrected chi connectivity index (χ3v) is 3.48. The van der Waals surface area contributed by atoms with E-state index in [0.717, 1.165) is 16.7 Å². The van der Waals surface area contributed by atoms with E-state index in [1.807, 2.05) is 30.3 Å². The summed E-state index contributed by atoms with van der Waals surface area (Å²) < 4.78 is 19.0. The van der Waals surface area contributed by atoms with Crippen molar-refractivity contribution in [1.82, 2.24) is 0 Å². The summed E-state index contributed by atoms with van der Waals surface area (Å²) in [6, 6.07) is 12.7. The Morgan fingerprint density at radius 2 is 1.75 bits per heavy atom. The normalized spacial score (nSPS) is 10.9. The van der Waals surface area contributed by atoms with Crippen LogP contribution >= 0.6 is 23.2 Å². The van der Waals surface area contributed by atoms with Gasteiger partial charge in [0.25, 0.3) is 0 Å². The van der Waals surface area contributed by atoms with Gasteiger partial charge in [-0.05, 0) is 24.3 Å². The molecule has 0 aliphatic heterocycles. The lowest BCUT2D eigenvalue weighted by Crippen LogP contribution is -1.98. The van der Waals surface area contributed by atoms with Crippen LogP contribution in [0.2, 0.25) is 10.0 Å². The molecule has 102 valence electrons. The number of nitrogens with one attached hydrogen (secondary N) is 1. The molecular formula is C15H10Cl2FNO. The van der Waals surface area contributed by atoms with E-state index in [2.05, 4.69) is 5.32 Å². The highest BCUT2D eigenvalue weighted by Gasteiger charge is 2.08. The number of anilines is 1. The van der Waals surface area contributed by atoms with Gasteiger partial charge in [0.15, 0.2) is 5.82 Å². The van der Waals surface area contributed by atoms with E-state index in [9.17, 15) is 4.39 Å². The zero-order valence-corrected chi connectivity index (χ0v) is 11.8. The first-order chi connectivity index (χ1) is 9.63. The van der Waals surface area contributed by atoms with Crippen molar-refractivity contribution in [3.05, 3.63) is 64.1 Å². The highest BCUT2D eigenvalue weighted by molar-refractivity contribution is 6.35. The van der Waals surface area contributed by atoms with E-state index >= 15 is 0 Å². The quantitative estimate of drug-likeness (QED) is 0.647. The fraction of sp³-hybridized carbons (Fsp3) is 0.0667. The molecule has 0 aliphatic rings. The molecule has 1 heterocycles. The Morgan fingerprint density at radius 3 is 2.45 bits per heavy atom. The molecule has 2 aromatic carbocycles. The van der Waals surface area contributed by atoms with Gasteiger partial charge in [-0.15, -0.1) is 0 Å². The Bertz CT molecular complexity index is 713. The molecule has 0 unspecified atom stereocenters. The SMILES string of the molecule is Fc1c(Cl)cc(NCc2cc3ccccc3o2)cc1Cl. The van der Waals surface area contributed by atoms with Crippen LogP contribution in [0.5, 0.6) is 0 Å². The second-order valence-electron chi connectivity index (χ2n) is 4.36. The second-order valence-corrected chi connectivity index (χ2v) is 5.17. The van der Waals surface area contributed by atoms with E-state index < -0.39 is 5.82 Å². The first-order valence-electron chi connectivity index (χ1n) is 5.99. The Balaban J connectivity index is 1.79. The molecule has 0 radical (unpaired) electrons. The molecule has 0 fully saturated rings. The van der Waals surface area contributed by atoms with E-state index in [-0.39, 0.29) is 10.0 Å². The predicted molar refractivity (Wildman–Crippen MR) is 80.0 cm³/mol. The smallest absolute Gasteiger partial charge is 0.160 e. The molecule has 3 rings (SSSR count). The summed E-state index contributed by atoms with van der Waals surface area (Å²) in [4.78, 5) is 0. The van der Waals surface area contributed by atoms with Crippen LogP contribution in [0.4, 0.5) is 10.1 Å². The third kappa shape index (κ3) is 2.60. The fourth-order valence-corrected chi connectivity index (χ4v) is 2.46. The minimum absolute atomic E-state index is 0.00962. The lowest BCUT2D eigenvalue weighted by molar-refractivity contribution is 0.559. The van der Waals surface area contributed by atoms with Gasteiger partial charge in [0.2, 0.25) is 0 Å². The summed E-state index contributed by atoms with van der Waals surface area (Å²) >= 11 is 11.5. The van der Waals surface area contributed by atoms with Gasteiger partial charge in [-0.1, -0.05) is 41.4 Å². The van der Waals surface area contributed by atoms with Crippen molar-refractivity contribution in [2.24, 2.45) is 0 Å². The molecule has 20 heavy (non-hydrogen) atoms. The Morgan fingerprint density at radius 1 is 1.05 bits per heavy atom. The van der Waals surface area contributed by atoms with Crippen LogP contribution in [-0.4, -0.2) is 0 Å². The lowest BCUT2D eigenvalue weighted by Gasteiger charge is -2.06. The van der Waals surface area contributed by atoms with Gasteiger partial charge in [0.1, 0.15) is 11.3 Å². The molecule has 0 saturated carbocycles. The minimum Gasteiger partial charge on any atom is -0.459 e. The molecule has 0 bridgehead atoms. The van der Waals surface area contributed by atoms with Gasteiger partial charge < -0.3 is 9.73 Å². The summed E-state index contributed by atoms with van der Waals surface area (Å²) in [5, 5.41) is 4.12. The maximum Gasteiger partial charge on any atom is 0.160 e. The summed E-state index contributed by atoms with van der Waals surface area (Å²) in [6.07, 6.45) is 0. The number of furan rings is 1. The van der Waals surface area contributed by atoms with Crippen molar-refractivity contribution in [1.29, 1.82) is 0 Å². The molecule has 0 atom stereocenters. The maximum atomic E-state index is 13.3. The van der Waals surface area contributed by atoms with E-state index in [0.29, 0.717) is 12.2 Å². The number of hydrogen-bond acceptors (Lipinski definition) is 2. The molecule has 0 saturated heterocycles. The monoisotopic (exact) mass is 309 g/mol. The average molecular weight is 310 g/mol. The van der Waals surface area contributed by atoms with Crippen molar-refractivity contribution < 1.29 is 8.81 Å². The predicted octanol–water partition coefficient (Wildman–Crippen LogP) is 5.49. The number of hydrogen-bond donors (Lipinski definition) is 1. The molecule has 1 aromatic heterocycles. The number of halogens is 3. The largest absolute Gasteiger partial charge is 0.459 e. The van der Waals surface area contributed by atoms with Crippen molar-refractivity contribution >= 4 is 39.9 Å². The number of para-hydroxylation sites is 1. The average Bonchev–Trinajstić information content (AvgIpc) is 2.85. The molecule has 0 amide bonds. The van der Waals surface area contributed by atoms with Crippen LogP contribution in [0.25, 0.3) is 11.0 Å². The highest BCUT2D eigenvalue weighted by atomic mass is 35.5. The topological polar surface area (TPSA) is 25.2 Å². The molecule has 2 nitrogen and oxygen atoms in total. The van der Waals surface area contributed by atoms with Crippen LogP contribution in [0.3, 0.4) is 0 Å². The Kier molecular flexibility index (Phi) is 3.55. The van der Waals surface area contributed by atoms with Crippen molar-refractivity contribution in [3.8, 4) is 0 Å². The number of benzene rings is 2. The van der Waals surface area contributed by atoms with Gasteiger partial charge >= 0.3 is 0 Å². The molecule has 0 aliphatic carbocycles.